The molecule has 0 spiro atoms. The van der Waals surface area contributed by atoms with Gasteiger partial charge in [-0.3, -0.25) is 14.5 Å². The maximum Gasteiger partial charge on any atom is 0.247 e. The lowest BCUT2D eigenvalue weighted by atomic mass is 10.0. The summed E-state index contributed by atoms with van der Waals surface area (Å²) in [5.41, 5.74) is 2.87. The minimum absolute atomic E-state index is 0.0201. The molecule has 0 saturated carbocycles. The van der Waals surface area contributed by atoms with Crippen LogP contribution in [0.2, 0.25) is 0 Å². The molecule has 1 heterocycles. The second-order valence-electron chi connectivity index (χ2n) is 8.72. The normalized spacial score (nSPS) is 16.1. The van der Waals surface area contributed by atoms with E-state index in [2.05, 4.69) is 33.5 Å². The molecule has 1 aliphatic heterocycles. The largest absolute Gasteiger partial charge is 0.344 e. The van der Waals surface area contributed by atoms with E-state index in [1.54, 1.807) is 0 Å². The van der Waals surface area contributed by atoms with Gasteiger partial charge in [0.15, 0.2) is 0 Å². The average Bonchev–Trinajstić information content (AvgIpc) is 2.74. The van der Waals surface area contributed by atoms with Gasteiger partial charge < -0.3 is 15.5 Å². The summed E-state index contributed by atoms with van der Waals surface area (Å²) in [6, 6.07) is 17.0. The Labute approximate surface area is 185 Å². The van der Waals surface area contributed by atoms with Gasteiger partial charge >= 0.3 is 0 Å². The van der Waals surface area contributed by atoms with Crippen LogP contribution in [0.5, 0.6) is 0 Å². The Balaban J connectivity index is 1.58. The van der Waals surface area contributed by atoms with Crippen LogP contribution in [0.3, 0.4) is 0 Å². The highest BCUT2D eigenvalue weighted by Crippen LogP contribution is 2.15. The smallest absolute Gasteiger partial charge is 0.247 e. The summed E-state index contributed by atoms with van der Waals surface area (Å²) in [4.78, 5) is 30.2. The fourth-order valence-electron chi connectivity index (χ4n) is 3.77. The summed E-state index contributed by atoms with van der Waals surface area (Å²) < 4.78 is 0. The van der Waals surface area contributed by atoms with E-state index >= 15 is 0 Å². The van der Waals surface area contributed by atoms with Crippen LogP contribution in [0.1, 0.15) is 25.0 Å². The van der Waals surface area contributed by atoms with E-state index < -0.39 is 6.04 Å². The van der Waals surface area contributed by atoms with Crippen molar-refractivity contribution in [2.75, 3.05) is 38.5 Å². The average molecular weight is 423 g/mol. The minimum Gasteiger partial charge on any atom is -0.344 e. The van der Waals surface area contributed by atoms with E-state index in [4.69, 9.17) is 0 Å². The zero-order valence-corrected chi connectivity index (χ0v) is 18.8. The van der Waals surface area contributed by atoms with Gasteiger partial charge in [0.25, 0.3) is 0 Å². The zero-order chi connectivity index (χ0) is 22.2. The van der Waals surface area contributed by atoms with Crippen molar-refractivity contribution in [1.29, 1.82) is 0 Å². The quantitative estimate of drug-likeness (QED) is 0.687. The fourth-order valence-corrected chi connectivity index (χ4v) is 3.77. The summed E-state index contributed by atoms with van der Waals surface area (Å²) in [6.07, 6.45) is 0.262. The predicted molar refractivity (Wildman–Crippen MR) is 125 cm³/mol. The van der Waals surface area contributed by atoms with Crippen LogP contribution >= 0.6 is 0 Å². The van der Waals surface area contributed by atoms with Crippen LogP contribution in [0, 0.1) is 5.92 Å². The number of hydrogen-bond acceptors (Lipinski definition) is 4. The number of carbonyl (C=O) groups is 2. The second-order valence-corrected chi connectivity index (χ2v) is 8.72. The Bertz CT molecular complexity index is 861. The SMILES string of the molecule is CC(C)C(NC(=O)Cc1ccccc1)C(=O)Nc1cccc(CN2CCN(C)CC2)c1. The van der Waals surface area contributed by atoms with Gasteiger partial charge in [-0.25, -0.2) is 0 Å². The first kappa shape index (κ1) is 23.0. The Kier molecular flexibility index (Phi) is 8.20. The summed E-state index contributed by atoms with van der Waals surface area (Å²) in [7, 11) is 2.15. The molecule has 1 unspecified atom stereocenters. The van der Waals surface area contributed by atoms with Gasteiger partial charge in [-0.15, -0.1) is 0 Å². The molecule has 0 bridgehead atoms. The predicted octanol–water partition coefficient (Wildman–Crippen LogP) is 2.76. The lowest BCUT2D eigenvalue weighted by Crippen LogP contribution is -2.47. The molecule has 0 aromatic heterocycles. The summed E-state index contributed by atoms with van der Waals surface area (Å²) in [5, 5.41) is 5.90. The highest BCUT2D eigenvalue weighted by atomic mass is 16.2. The highest BCUT2D eigenvalue weighted by molar-refractivity contribution is 5.97. The number of carbonyl (C=O) groups excluding carboxylic acids is 2. The third kappa shape index (κ3) is 7.19. The molecule has 3 rings (SSSR count). The number of hydrogen-bond donors (Lipinski definition) is 2. The number of benzene rings is 2. The molecule has 1 atom stereocenters. The van der Waals surface area contributed by atoms with Gasteiger partial charge in [0.2, 0.25) is 11.8 Å². The first-order valence-corrected chi connectivity index (χ1v) is 11.0. The molecule has 0 aliphatic carbocycles. The highest BCUT2D eigenvalue weighted by Gasteiger charge is 2.24. The monoisotopic (exact) mass is 422 g/mol. The molecule has 166 valence electrons. The van der Waals surface area contributed by atoms with E-state index in [9.17, 15) is 9.59 Å². The molecule has 0 radical (unpaired) electrons. The van der Waals surface area contributed by atoms with Crippen molar-refractivity contribution in [1.82, 2.24) is 15.1 Å². The maximum atomic E-state index is 12.9. The fraction of sp³-hybridized carbons (Fsp3) is 0.440. The Morgan fingerprint density at radius 1 is 0.935 bits per heavy atom. The topological polar surface area (TPSA) is 64.7 Å². The van der Waals surface area contributed by atoms with E-state index in [1.165, 1.54) is 5.56 Å². The summed E-state index contributed by atoms with van der Waals surface area (Å²) in [5.74, 6) is -0.356. The van der Waals surface area contributed by atoms with Crippen LogP contribution in [0.25, 0.3) is 0 Å². The molecule has 2 aromatic carbocycles. The van der Waals surface area contributed by atoms with Crippen molar-refractivity contribution < 1.29 is 9.59 Å². The third-order valence-electron chi connectivity index (χ3n) is 5.67. The molecule has 31 heavy (non-hydrogen) atoms. The summed E-state index contributed by atoms with van der Waals surface area (Å²) >= 11 is 0. The van der Waals surface area contributed by atoms with E-state index in [0.717, 1.165) is 44.0 Å². The van der Waals surface area contributed by atoms with Crippen molar-refractivity contribution in [3.05, 3.63) is 65.7 Å². The Morgan fingerprint density at radius 3 is 2.29 bits per heavy atom. The van der Waals surface area contributed by atoms with Crippen LogP contribution in [-0.4, -0.2) is 60.9 Å². The summed E-state index contributed by atoms with van der Waals surface area (Å²) in [6.45, 7) is 9.02. The second kappa shape index (κ2) is 11.1. The Hall–Kier alpha value is -2.70. The van der Waals surface area contributed by atoms with Crippen molar-refractivity contribution in [3.63, 3.8) is 0 Å². The molecular weight excluding hydrogens is 388 g/mol. The molecule has 1 aliphatic rings. The molecule has 2 aromatic rings. The standard InChI is InChI=1S/C25H34N4O2/c1-19(2)24(27-23(30)17-20-8-5-4-6-9-20)25(31)26-22-11-7-10-21(16-22)18-29-14-12-28(3)13-15-29/h4-11,16,19,24H,12-15,17-18H2,1-3H3,(H,26,31)(H,27,30). The number of likely N-dealkylation sites (N-methyl/N-ethyl adjacent to an activating group) is 1. The first-order chi connectivity index (χ1) is 14.9. The number of piperazine rings is 1. The molecule has 6 heteroatoms. The Morgan fingerprint density at radius 2 is 1.61 bits per heavy atom. The van der Waals surface area contributed by atoms with E-state index in [0.29, 0.717) is 0 Å². The maximum absolute atomic E-state index is 12.9. The molecule has 1 fully saturated rings. The molecule has 2 N–H and O–H groups in total. The zero-order valence-electron chi connectivity index (χ0n) is 18.8. The number of amides is 2. The first-order valence-electron chi connectivity index (χ1n) is 11.0. The minimum atomic E-state index is -0.586. The van der Waals surface area contributed by atoms with Crippen LogP contribution in [0.15, 0.2) is 54.6 Å². The van der Waals surface area contributed by atoms with E-state index in [-0.39, 0.29) is 24.2 Å². The van der Waals surface area contributed by atoms with Crippen molar-refractivity contribution >= 4 is 17.5 Å². The van der Waals surface area contributed by atoms with Crippen LogP contribution in [0.4, 0.5) is 5.69 Å². The van der Waals surface area contributed by atoms with Gasteiger partial charge in [-0.05, 0) is 36.2 Å². The van der Waals surface area contributed by atoms with Crippen LogP contribution in [-0.2, 0) is 22.6 Å². The van der Waals surface area contributed by atoms with Gasteiger partial charge in [-0.1, -0.05) is 56.3 Å². The number of rotatable bonds is 8. The van der Waals surface area contributed by atoms with Gasteiger partial charge in [0, 0.05) is 38.4 Å². The molecule has 2 amide bonds. The van der Waals surface area contributed by atoms with Gasteiger partial charge in [0.1, 0.15) is 6.04 Å². The third-order valence-corrected chi connectivity index (χ3v) is 5.67. The number of nitrogens with zero attached hydrogens (tertiary/aromatic N) is 2. The van der Waals surface area contributed by atoms with Crippen molar-refractivity contribution in [3.8, 4) is 0 Å². The van der Waals surface area contributed by atoms with Gasteiger partial charge in [0.05, 0.1) is 6.42 Å². The van der Waals surface area contributed by atoms with Crippen molar-refractivity contribution in [2.24, 2.45) is 5.92 Å². The number of nitrogens with one attached hydrogen (secondary N) is 2. The molecule has 6 nitrogen and oxygen atoms in total. The lowest BCUT2D eigenvalue weighted by Gasteiger charge is -2.32. The van der Waals surface area contributed by atoms with Gasteiger partial charge in [-0.2, -0.15) is 0 Å². The van der Waals surface area contributed by atoms with Crippen molar-refractivity contribution in [2.45, 2.75) is 32.9 Å². The number of anilines is 1. The lowest BCUT2D eigenvalue weighted by molar-refractivity contribution is -0.127. The van der Waals surface area contributed by atoms with E-state index in [1.807, 2.05) is 62.4 Å². The van der Waals surface area contributed by atoms with Crippen LogP contribution < -0.4 is 10.6 Å². The molecular formula is C25H34N4O2. The molecule has 1 saturated heterocycles.